The maximum Gasteiger partial charge on any atom is 0.223 e. The molecule has 1 aliphatic carbocycles. The zero-order chi connectivity index (χ0) is 14.5. The Morgan fingerprint density at radius 3 is 2.38 bits per heavy atom. The Morgan fingerprint density at radius 1 is 1.05 bits per heavy atom. The first-order valence-corrected chi connectivity index (χ1v) is 8.38. The average Bonchev–Trinajstić information content (AvgIpc) is 2.57. The summed E-state index contributed by atoms with van der Waals surface area (Å²) < 4.78 is 0. The molecule has 1 aliphatic heterocycles. The van der Waals surface area contributed by atoms with Crippen molar-refractivity contribution in [2.24, 2.45) is 5.92 Å². The van der Waals surface area contributed by atoms with Gasteiger partial charge in [-0.05, 0) is 44.3 Å². The number of nitrogens with one attached hydrogen (secondary N) is 2. The van der Waals surface area contributed by atoms with Gasteiger partial charge in [0.1, 0.15) is 0 Å². The molecular formula is C18H26N2O. The highest BCUT2D eigenvalue weighted by Gasteiger charge is 2.36. The van der Waals surface area contributed by atoms with E-state index >= 15 is 0 Å². The summed E-state index contributed by atoms with van der Waals surface area (Å²) in [6.45, 7) is 1.94. The van der Waals surface area contributed by atoms with E-state index < -0.39 is 0 Å². The minimum atomic E-state index is -0.166. The average molecular weight is 286 g/mol. The van der Waals surface area contributed by atoms with Crippen LogP contribution < -0.4 is 10.6 Å². The lowest BCUT2D eigenvalue weighted by Crippen LogP contribution is -2.53. The predicted octanol–water partition coefficient (Wildman–Crippen LogP) is 2.96. The van der Waals surface area contributed by atoms with Crippen molar-refractivity contribution in [1.82, 2.24) is 10.6 Å². The molecule has 0 radical (unpaired) electrons. The number of rotatable bonds is 3. The molecule has 1 heterocycles. The molecule has 1 saturated carbocycles. The second-order valence-corrected chi connectivity index (χ2v) is 6.52. The predicted molar refractivity (Wildman–Crippen MR) is 84.9 cm³/mol. The highest BCUT2D eigenvalue weighted by Crippen LogP contribution is 2.32. The van der Waals surface area contributed by atoms with Gasteiger partial charge < -0.3 is 10.6 Å². The van der Waals surface area contributed by atoms with Crippen molar-refractivity contribution in [2.45, 2.75) is 50.5 Å². The molecule has 3 heteroatoms. The van der Waals surface area contributed by atoms with E-state index in [1.165, 1.54) is 24.8 Å². The van der Waals surface area contributed by atoms with Gasteiger partial charge in [-0.1, -0.05) is 49.6 Å². The first-order chi connectivity index (χ1) is 10.3. The van der Waals surface area contributed by atoms with Gasteiger partial charge in [-0.25, -0.2) is 0 Å². The lowest BCUT2D eigenvalue weighted by atomic mass is 9.80. The molecule has 2 aliphatic rings. The van der Waals surface area contributed by atoms with Gasteiger partial charge in [0.05, 0.1) is 5.54 Å². The molecule has 0 aromatic heterocycles. The van der Waals surface area contributed by atoms with Crippen LogP contribution in [0.3, 0.4) is 0 Å². The fourth-order valence-electron chi connectivity index (χ4n) is 3.80. The summed E-state index contributed by atoms with van der Waals surface area (Å²) in [6.07, 6.45) is 7.79. The highest BCUT2D eigenvalue weighted by molar-refractivity contribution is 5.79. The molecular weight excluding hydrogens is 260 g/mol. The van der Waals surface area contributed by atoms with Gasteiger partial charge in [0.25, 0.3) is 0 Å². The summed E-state index contributed by atoms with van der Waals surface area (Å²) in [6, 6.07) is 10.5. The third-order valence-corrected chi connectivity index (χ3v) is 5.12. The fraction of sp³-hybridized carbons (Fsp3) is 0.611. The molecule has 21 heavy (non-hydrogen) atoms. The molecule has 3 nitrogen and oxygen atoms in total. The Hall–Kier alpha value is -1.35. The van der Waals surface area contributed by atoms with E-state index in [1.54, 1.807) is 0 Å². The molecule has 0 unspecified atom stereocenters. The SMILES string of the molecule is O=C(NC1(c2ccccc2)CCNCC1)C1CCCCC1. The van der Waals surface area contributed by atoms with E-state index in [9.17, 15) is 4.79 Å². The molecule has 1 aromatic carbocycles. The van der Waals surface area contributed by atoms with Crippen molar-refractivity contribution in [3.8, 4) is 0 Å². The Morgan fingerprint density at radius 2 is 1.71 bits per heavy atom. The van der Waals surface area contributed by atoms with E-state index in [-0.39, 0.29) is 17.4 Å². The minimum absolute atomic E-state index is 0.166. The van der Waals surface area contributed by atoms with E-state index in [4.69, 9.17) is 0 Å². The molecule has 0 atom stereocenters. The van der Waals surface area contributed by atoms with Crippen LogP contribution in [0.25, 0.3) is 0 Å². The number of hydrogen-bond acceptors (Lipinski definition) is 2. The molecule has 114 valence electrons. The normalized spacial score (nSPS) is 22.7. The van der Waals surface area contributed by atoms with Gasteiger partial charge in [-0.15, -0.1) is 0 Å². The number of amides is 1. The second kappa shape index (κ2) is 6.61. The van der Waals surface area contributed by atoms with Crippen molar-refractivity contribution in [2.75, 3.05) is 13.1 Å². The summed E-state index contributed by atoms with van der Waals surface area (Å²) in [5.41, 5.74) is 1.09. The number of carbonyl (C=O) groups is 1. The topological polar surface area (TPSA) is 41.1 Å². The van der Waals surface area contributed by atoms with Gasteiger partial charge >= 0.3 is 0 Å². The summed E-state index contributed by atoms with van der Waals surface area (Å²) in [5, 5.41) is 6.85. The molecule has 1 saturated heterocycles. The van der Waals surface area contributed by atoms with Crippen LogP contribution in [0.2, 0.25) is 0 Å². The molecule has 0 bridgehead atoms. The molecule has 2 fully saturated rings. The molecule has 1 aromatic rings. The first-order valence-electron chi connectivity index (χ1n) is 8.38. The van der Waals surface area contributed by atoms with E-state index in [2.05, 4.69) is 34.9 Å². The maximum absolute atomic E-state index is 12.7. The summed E-state index contributed by atoms with van der Waals surface area (Å²) >= 11 is 0. The van der Waals surface area contributed by atoms with Gasteiger partial charge in [0.15, 0.2) is 0 Å². The van der Waals surface area contributed by atoms with Gasteiger partial charge in [-0.3, -0.25) is 4.79 Å². The monoisotopic (exact) mass is 286 g/mol. The van der Waals surface area contributed by atoms with E-state index in [0.29, 0.717) is 0 Å². The van der Waals surface area contributed by atoms with Gasteiger partial charge in [-0.2, -0.15) is 0 Å². The van der Waals surface area contributed by atoms with Crippen molar-refractivity contribution in [1.29, 1.82) is 0 Å². The van der Waals surface area contributed by atoms with Crippen LogP contribution in [-0.2, 0) is 10.3 Å². The van der Waals surface area contributed by atoms with Crippen molar-refractivity contribution in [3.63, 3.8) is 0 Å². The standard InChI is InChI=1S/C18H26N2O/c21-17(15-7-3-1-4-8-15)20-18(11-13-19-14-12-18)16-9-5-2-6-10-16/h2,5-6,9-10,15,19H,1,3-4,7-8,11-14H2,(H,20,21). The lowest BCUT2D eigenvalue weighted by molar-refractivity contribution is -0.128. The second-order valence-electron chi connectivity index (χ2n) is 6.52. The summed E-state index contributed by atoms with van der Waals surface area (Å²) in [4.78, 5) is 12.7. The number of benzene rings is 1. The van der Waals surface area contributed by atoms with Gasteiger partial charge in [0, 0.05) is 5.92 Å². The van der Waals surface area contributed by atoms with Crippen LogP contribution in [0.15, 0.2) is 30.3 Å². The Kier molecular flexibility index (Phi) is 4.59. The summed E-state index contributed by atoms with van der Waals surface area (Å²) in [5.74, 6) is 0.509. The Balaban J connectivity index is 1.77. The third-order valence-electron chi connectivity index (χ3n) is 5.12. The summed E-state index contributed by atoms with van der Waals surface area (Å²) in [7, 11) is 0. The Bertz CT molecular complexity index is 459. The quantitative estimate of drug-likeness (QED) is 0.897. The Labute approximate surface area is 127 Å². The molecule has 1 amide bonds. The van der Waals surface area contributed by atoms with E-state index in [1.807, 2.05) is 6.07 Å². The van der Waals surface area contributed by atoms with Gasteiger partial charge in [0.2, 0.25) is 5.91 Å². The highest BCUT2D eigenvalue weighted by atomic mass is 16.2. The van der Waals surface area contributed by atoms with Crippen LogP contribution in [-0.4, -0.2) is 19.0 Å². The van der Waals surface area contributed by atoms with Crippen LogP contribution in [0.1, 0.15) is 50.5 Å². The lowest BCUT2D eigenvalue weighted by Gasteiger charge is -2.40. The third kappa shape index (κ3) is 3.29. The van der Waals surface area contributed by atoms with Crippen LogP contribution >= 0.6 is 0 Å². The zero-order valence-electron chi connectivity index (χ0n) is 12.7. The number of hydrogen-bond donors (Lipinski definition) is 2. The smallest absolute Gasteiger partial charge is 0.223 e. The molecule has 0 spiro atoms. The maximum atomic E-state index is 12.7. The molecule has 3 rings (SSSR count). The largest absolute Gasteiger partial charge is 0.346 e. The van der Waals surface area contributed by atoms with Crippen molar-refractivity contribution >= 4 is 5.91 Å². The van der Waals surface area contributed by atoms with Crippen LogP contribution in [0.4, 0.5) is 0 Å². The van der Waals surface area contributed by atoms with Crippen LogP contribution in [0, 0.1) is 5.92 Å². The zero-order valence-corrected chi connectivity index (χ0v) is 12.7. The minimum Gasteiger partial charge on any atom is -0.346 e. The fourth-order valence-corrected chi connectivity index (χ4v) is 3.80. The van der Waals surface area contributed by atoms with Crippen molar-refractivity contribution < 1.29 is 4.79 Å². The molecule has 2 N–H and O–H groups in total. The first kappa shape index (κ1) is 14.6. The number of piperidine rings is 1. The number of carbonyl (C=O) groups excluding carboxylic acids is 1. The van der Waals surface area contributed by atoms with Crippen molar-refractivity contribution in [3.05, 3.63) is 35.9 Å². The van der Waals surface area contributed by atoms with E-state index in [0.717, 1.165) is 38.8 Å². The van der Waals surface area contributed by atoms with Crippen LogP contribution in [0.5, 0.6) is 0 Å².